The predicted molar refractivity (Wildman–Crippen MR) is 79.0 cm³/mol. The van der Waals surface area contributed by atoms with Crippen molar-refractivity contribution in [3.8, 4) is 11.5 Å². The number of hydrogen-bond acceptors (Lipinski definition) is 3. The number of ether oxygens (including phenoxy) is 1. The molecule has 108 valence electrons. The summed E-state index contributed by atoms with van der Waals surface area (Å²) >= 11 is 0. The minimum atomic E-state index is 0.255. The summed E-state index contributed by atoms with van der Waals surface area (Å²) in [5.74, 6) is 0.951. The fourth-order valence-corrected chi connectivity index (χ4v) is 2.23. The van der Waals surface area contributed by atoms with Crippen LogP contribution in [0.2, 0.25) is 0 Å². The molecule has 0 radical (unpaired) electrons. The zero-order valence-corrected chi connectivity index (χ0v) is 12.3. The first-order valence-electron chi connectivity index (χ1n) is 7.11. The van der Waals surface area contributed by atoms with Gasteiger partial charge in [-0.15, -0.1) is 0 Å². The largest absolute Gasteiger partial charge is 0.508 e. The summed E-state index contributed by atoms with van der Waals surface area (Å²) in [6.45, 7) is 6.59. The van der Waals surface area contributed by atoms with Gasteiger partial charge in [0, 0.05) is 11.8 Å². The first-order valence-corrected chi connectivity index (χ1v) is 7.11. The molecule has 1 heterocycles. The lowest BCUT2D eigenvalue weighted by Gasteiger charge is -2.12. The molecular formula is C16H22N2O2. The van der Waals surface area contributed by atoms with E-state index in [0.29, 0.717) is 18.4 Å². The van der Waals surface area contributed by atoms with E-state index in [1.165, 1.54) is 0 Å². The predicted octanol–water partition coefficient (Wildman–Crippen LogP) is 3.84. The molecule has 1 aromatic heterocycles. The molecular weight excluding hydrogens is 252 g/mol. The summed E-state index contributed by atoms with van der Waals surface area (Å²) in [6.07, 6.45) is 4.15. The van der Waals surface area contributed by atoms with Crippen molar-refractivity contribution in [2.75, 3.05) is 0 Å². The van der Waals surface area contributed by atoms with Crippen LogP contribution in [0.1, 0.15) is 44.0 Å². The minimum Gasteiger partial charge on any atom is -0.508 e. The lowest BCUT2D eigenvalue weighted by Crippen LogP contribution is -2.08. The maximum atomic E-state index is 9.64. The van der Waals surface area contributed by atoms with E-state index in [1.807, 2.05) is 29.9 Å². The van der Waals surface area contributed by atoms with E-state index in [0.717, 1.165) is 24.1 Å². The van der Waals surface area contributed by atoms with E-state index in [-0.39, 0.29) is 5.75 Å². The molecule has 0 unspecified atom stereocenters. The van der Waals surface area contributed by atoms with Crippen molar-refractivity contribution in [1.29, 1.82) is 0 Å². The summed E-state index contributed by atoms with van der Waals surface area (Å²) in [7, 11) is 0. The molecule has 0 aliphatic rings. The second-order valence-electron chi connectivity index (χ2n) is 4.95. The minimum absolute atomic E-state index is 0.255. The number of benzene rings is 1. The number of hydrogen-bond donors (Lipinski definition) is 1. The summed E-state index contributed by atoms with van der Waals surface area (Å²) in [5.41, 5.74) is 1.66. The molecule has 0 atom stereocenters. The highest BCUT2D eigenvalue weighted by molar-refractivity contribution is 5.42. The number of aromatic nitrogens is 2. The molecule has 4 heteroatoms. The monoisotopic (exact) mass is 274 g/mol. The number of phenols is 1. The molecule has 0 amide bonds. The van der Waals surface area contributed by atoms with E-state index in [4.69, 9.17) is 4.74 Å². The Morgan fingerprint density at radius 3 is 2.70 bits per heavy atom. The first-order chi connectivity index (χ1) is 9.65. The van der Waals surface area contributed by atoms with E-state index in [1.54, 1.807) is 12.1 Å². The van der Waals surface area contributed by atoms with Crippen LogP contribution in [-0.4, -0.2) is 14.9 Å². The molecule has 2 rings (SSSR count). The van der Waals surface area contributed by atoms with Gasteiger partial charge in [0.2, 0.25) is 0 Å². The summed E-state index contributed by atoms with van der Waals surface area (Å²) in [5, 5.41) is 14.2. The quantitative estimate of drug-likeness (QED) is 0.870. The van der Waals surface area contributed by atoms with E-state index in [2.05, 4.69) is 18.9 Å². The van der Waals surface area contributed by atoms with Crippen LogP contribution in [0, 0.1) is 6.92 Å². The van der Waals surface area contributed by atoms with E-state index in [9.17, 15) is 5.11 Å². The Morgan fingerprint density at radius 1 is 1.25 bits per heavy atom. The zero-order chi connectivity index (χ0) is 14.5. The van der Waals surface area contributed by atoms with Crippen LogP contribution in [0.25, 0.3) is 0 Å². The SMILES string of the molecule is CCC(CC)n1ccc(COc2cccc(O)c2C)n1. The third kappa shape index (κ3) is 3.13. The lowest BCUT2D eigenvalue weighted by atomic mass is 10.2. The molecule has 20 heavy (non-hydrogen) atoms. The number of rotatable bonds is 6. The molecule has 4 nitrogen and oxygen atoms in total. The van der Waals surface area contributed by atoms with E-state index < -0.39 is 0 Å². The van der Waals surface area contributed by atoms with Crippen molar-refractivity contribution < 1.29 is 9.84 Å². The van der Waals surface area contributed by atoms with Crippen LogP contribution in [0.15, 0.2) is 30.5 Å². The van der Waals surface area contributed by atoms with Gasteiger partial charge in [0.25, 0.3) is 0 Å². The molecule has 1 N–H and O–H groups in total. The van der Waals surface area contributed by atoms with Gasteiger partial charge in [0.05, 0.1) is 11.7 Å². The van der Waals surface area contributed by atoms with Gasteiger partial charge in [-0.3, -0.25) is 4.68 Å². The second-order valence-corrected chi connectivity index (χ2v) is 4.95. The Labute approximate surface area is 120 Å². The normalized spacial score (nSPS) is 11.0. The Morgan fingerprint density at radius 2 is 2.00 bits per heavy atom. The van der Waals surface area contributed by atoms with Crippen LogP contribution in [-0.2, 0) is 6.61 Å². The summed E-state index contributed by atoms with van der Waals surface area (Å²) in [4.78, 5) is 0. The van der Waals surface area contributed by atoms with Crippen molar-refractivity contribution in [2.24, 2.45) is 0 Å². The maximum absolute atomic E-state index is 9.64. The highest BCUT2D eigenvalue weighted by Gasteiger charge is 2.09. The van der Waals surface area contributed by atoms with Crippen molar-refractivity contribution in [3.05, 3.63) is 41.7 Å². The first kappa shape index (κ1) is 14.4. The van der Waals surface area contributed by atoms with Gasteiger partial charge >= 0.3 is 0 Å². The Kier molecular flexibility index (Phi) is 4.66. The zero-order valence-electron chi connectivity index (χ0n) is 12.3. The topological polar surface area (TPSA) is 47.3 Å². The molecule has 0 spiro atoms. The van der Waals surface area contributed by atoms with Crippen LogP contribution in [0.4, 0.5) is 0 Å². The fourth-order valence-electron chi connectivity index (χ4n) is 2.23. The number of nitrogens with zero attached hydrogens (tertiary/aromatic N) is 2. The average Bonchev–Trinajstić information content (AvgIpc) is 2.91. The average molecular weight is 274 g/mol. The van der Waals surface area contributed by atoms with Crippen molar-refractivity contribution in [3.63, 3.8) is 0 Å². The fraction of sp³-hybridized carbons (Fsp3) is 0.438. The Balaban J connectivity index is 2.03. The smallest absolute Gasteiger partial charge is 0.132 e. The Bertz CT molecular complexity index is 559. The molecule has 2 aromatic rings. The third-order valence-electron chi connectivity index (χ3n) is 3.61. The molecule has 0 aliphatic heterocycles. The van der Waals surface area contributed by atoms with Gasteiger partial charge in [-0.05, 0) is 38.0 Å². The van der Waals surface area contributed by atoms with Crippen LogP contribution >= 0.6 is 0 Å². The van der Waals surface area contributed by atoms with E-state index >= 15 is 0 Å². The van der Waals surface area contributed by atoms with Gasteiger partial charge in [-0.1, -0.05) is 19.9 Å². The van der Waals surface area contributed by atoms with Crippen molar-refractivity contribution >= 4 is 0 Å². The van der Waals surface area contributed by atoms with Gasteiger partial charge in [0.1, 0.15) is 18.1 Å². The highest BCUT2D eigenvalue weighted by atomic mass is 16.5. The molecule has 0 bridgehead atoms. The summed E-state index contributed by atoms with van der Waals surface area (Å²) < 4.78 is 7.74. The molecule has 1 aromatic carbocycles. The van der Waals surface area contributed by atoms with Crippen LogP contribution in [0.3, 0.4) is 0 Å². The Hall–Kier alpha value is -1.97. The third-order valence-corrected chi connectivity index (χ3v) is 3.61. The number of phenolic OH excluding ortho intramolecular Hbond substituents is 1. The number of aromatic hydroxyl groups is 1. The van der Waals surface area contributed by atoms with Crippen molar-refractivity contribution in [2.45, 2.75) is 46.3 Å². The van der Waals surface area contributed by atoms with Crippen LogP contribution in [0.5, 0.6) is 11.5 Å². The molecule has 0 saturated carbocycles. The van der Waals surface area contributed by atoms with Gasteiger partial charge in [0.15, 0.2) is 0 Å². The van der Waals surface area contributed by atoms with Crippen molar-refractivity contribution in [1.82, 2.24) is 9.78 Å². The second kappa shape index (κ2) is 6.46. The van der Waals surface area contributed by atoms with Crippen LogP contribution < -0.4 is 4.74 Å². The standard InChI is InChI=1S/C16H22N2O2/c1-4-14(5-2)18-10-9-13(17-18)11-20-16-8-6-7-15(19)12(16)3/h6-10,14,19H,4-5,11H2,1-3H3. The molecule has 0 fully saturated rings. The van der Waals surface area contributed by atoms with Gasteiger partial charge in [-0.2, -0.15) is 5.10 Å². The molecule has 0 aliphatic carbocycles. The lowest BCUT2D eigenvalue weighted by molar-refractivity contribution is 0.293. The van der Waals surface area contributed by atoms with Gasteiger partial charge < -0.3 is 9.84 Å². The molecule has 0 saturated heterocycles. The van der Waals surface area contributed by atoms with Gasteiger partial charge in [-0.25, -0.2) is 0 Å². The summed E-state index contributed by atoms with van der Waals surface area (Å²) in [6, 6.07) is 7.72. The highest BCUT2D eigenvalue weighted by Crippen LogP contribution is 2.26. The maximum Gasteiger partial charge on any atom is 0.132 e.